The second-order valence-corrected chi connectivity index (χ2v) is 8.30. The molecule has 1 aromatic carbocycles. The van der Waals surface area contributed by atoms with Gasteiger partial charge in [-0.2, -0.15) is 5.10 Å². The fraction of sp³-hybridized carbons (Fsp3) is 0.409. The first kappa shape index (κ1) is 22.1. The Morgan fingerprint density at radius 1 is 1.22 bits per heavy atom. The van der Waals surface area contributed by atoms with E-state index in [1.54, 1.807) is 13.1 Å². The molecule has 0 spiro atoms. The van der Waals surface area contributed by atoms with E-state index in [0.29, 0.717) is 25.0 Å². The van der Waals surface area contributed by atoms with Crippen LogP contribution in [0.15, 0.2) is 40.1 Å². The maximum absolute atomic E-state index is 14.7. The van der Waals surface area contributed by atoms with Crippen LogP contribution in [-0.2, 0) is 17.3 Å². The molecule has 2 aromatic heterocycles. The van der Waals surface area contributed by atoms with Crippen molar-refractivity contribution in [3.8, 4) is 0 Å². The number of halogens is 3. The SMILES string of the molecule is CC(Nc1nn(C)c(=O)c2cc(=O)n([C@]3(C)CCOC3)cc12)c1cccc(C(F)F)c1F. The van der Waals surface area contributed by atoms with Crippen LogP contribution in [0.2, 0.25) is 0 Å². The molecule has 1 fully saturated rings. The Balaban J connectivity index is 1.84. The molecule has 4 rings (SSSR count). The van der Waals surface area contributed by atoms with E-state index in [1.165, 1.54) is 29.8 Å². The van der Waals surface area contributed by atoms with Crippen molar-refractivity contribution >= 4 is 16.6 Å². The average molecular weight is 448 g/mol. The van der Waals surface area contributed by atoms with Crippen molar-refractivity contribution in [2.75, 3.05) is 18.5 Å². The van der Waals surface area contributed by atoms with E-state index in [2.05, 4.69) is 10.4 Å². The highest BCUT2D eigenvalue weighted by Crippen LogP contribution is 2.31. The summed E-state index contributed by atoms with van der Waals surface area (Å²) >= 11 is 0. The number of anilines is 1. The molecule has 170 valence electrons. The number of aryl methyl sites for hydroxylation is 1. The molecule has 3 heterocycles. The van der Waals surface area contributed by atoms with E-state index in [-0.39, 0.29) is 22.3 Å². The monoisotopic (exact) mass is 448 g/mol. The number of rotatable bonds is 5. The van der Waals surface area contributed by atoms with Gasteiger partial charge in [-0.15, -0.1) is 0 Å². The van der Waals surface area contributed by atoms with Crippen molar-refractivity contribution in [3.63, 3.8) is 0 Å². The molecule has 0 bridgehead atoms. The molecule has 3 aromatic rings. The zero-order valence-electron chi connectivity index (χ0n) is 17.9. The first-order valence-corrected chi connectivity index (χ1v) is 10.2. The minimum Gasteiger partial charge on any atom is -0.379 e. The fourth-order valence-corrected chi connectivity index (χ4v) is 4.05. The van der Waals surface area contributed by atoms with Gasteiger partial charge in [0.25, 0.3) is 17.5 Å². The largest absolute Gasteiger partial charge is 0.379 e. The highest BCUT2D eigenvalue weighted by Gasteiger charge is 2.33. The lowest BCUT2D eigenvalue weighted by Crippen LogP contribution is -2.39. The van der Waals surface area contributed by atoms with E-state index < -0.39 is 34.9 Å². The van der Waals surface area contributed by atoms with Crippen molar-refractivity contribution in [3.05, 3.63) is 68.1 Å². The number of nitrogens with zero attached hydrogens (tertiary/aromatic N) is 3. The van der Waals surface area contributed by atoms with Gasteiger partial charge in [-0.1, -0.05) is 18.2 Å². The number of alkyl halides is 2. The fourth-order valence-electron chi connectivity index (χ4n) is 4.05. The lowest BCUT2D eigenvalue weighted by molar-refractivity contribution is 0.146. The van der Waals surface area contributed by atoms with Crippen LogP contribution in [0, 0.1) is 5.82 Å². The van der Waals surface area contributed by atoms with Crippen LogP contribution < -0.4 is 16.4 Å². The summed E-state index contributed by atoms with van der Waals surface area (Å²) in [6, 6.07) is 4.34. The molecule has 1 unspecified atom stereocenters. The Kier molecular flexibility index (Phi) is 5.58. The summed E-state index contributed by atoms with van der Waals surface area (Å²) < 4.78 is 48.9. The lowest BCUT2D eigenvalue weighted by Gasteiger charge is -2.26. The zero-order chi connectivity index (χ0) is 23.2. The van der Waals surface area contributed by atoms with E-state index in [0.717, 1.165) is 10.7 Å². The number of hydrogen-bond donors (Lipinski definition) is 1. The van der Waals surface area contributed by atoms with Crippen LogP contribution >= 0.6 is 0 Å². The Hall–Kier alpha value is -3.14. The summed E-state index contributed by atoms with van der Waals surface area (Å²) in [5, 5.41) is 7.80. The lowest BCUT2D eigenvalue weighted by atomic mass is 10.0. The van der Waals surface area contributed by atoms with Crippen LogP contribution in [0.4, 0.5) is 19.0 Å². The zero-order valence-corrected chi connectivity index (χ0v) is 17.9. The van der Waals surface area contributed by atoms with Gasteiger partial charge < -0.3 is 14.6 Å². The maximum atomic E-state index is 14.7. The summed E-state index contributed by atoms with van der Waals surface area (Å²) in [4.78, 5) is 25.4. The average Bonchev–Trinajstić information content (AvgIpc) is 3.18. The molecule has 7 nitrogen and oxygen atoms in total. The number of pyridine rings is 1. The molecular formula is C22H23F3N4O3. The van der Waals surface area contributed by atoms with Crippen molar-refractivity contribution in [1.82, 2.24) is 14.3 Å². The number of hydrogen-bond acceptors (Lipinski definition) is 5. The molecule has 1 aliphatic heterocycles. The van der Waals surface area contributed by atoms with Gasteiger partial charge >= 0.3 is 0 Å². The Bertz CT molecular complexity index is 1300. The summed E-state index contributed by atoms with van der Waals surface area (Å²) in [5.41, 5.74) is -2.02. The van der Waals surface area contributed by atoms with Gasteiger partial charge in [0.2, 0.25) is 0 Å². The van der Waals surface area contributed by atoms with Gasteiger partial charge in [0.05, 0.1) is 29.1 Å². The highest BCUT2D eigenvalue weighted by molar-refractivity contribution is 5.90. The molecule has 0 saturated carbocycles. The van der Waals surface area contributed by atoms with Crippen molar-refractivity contribution in [2.24, 2.45) is 7.05 Å². The number of benzene rings is 1. The molecule has 10 heteroatoms. The molecular weight excluding hydrogens is 425 g/mol. The van der Waals surface area contributed by atoms with Crippen molar-refractivity contribution in [2.45, 2.75) is 38.3 Å². The highest BCUT2D eigenvalue weighted by atomic mass is 19.3. The Labute approximate surface area is 181 Å². The van der Waals surface area contributed by atoms with Crippen LogP contribution in [-0.4, -0.2) is 27.6 Å². The molecule has 1 N–H and O–H groups in total. The first-order chi connectivity index (χ1) is 15.1. The first-order valence-electron chi connectivity index (χ1n) is 10.2. The number of fused-ring (bicyclic) bond motifs is 1. The summed E-state index contributed by atoms with van der Waals surface area (Å²) in [7, 11) is 1.44. The number of ether oxygens (including phenoxy) is 1. The third kappa shape index (κ3) is 3.68. The van der Waals surface area contributed by atoms with Crippen LogP contribution in [0.1, 0.15) is 43.9 Å². The molecule has 32 heavy (non-hydrogen) atoms. The second-order valence-electron chi connectivity index (χ2n) is 8.30. The molecule has 0 radical (unpaired) electrons. The molecule has 0 aliphatic carbocycles. The molecule has 1 aliphatic rings. The van der Waals surface area contributed by atoms with E-state index >= 15 is 0 Å². The van der Waals surface area contributed by atoms with Gasteiger partial charge in [-0.05, 0) is 20.3 Å². The van der Waals surface area contributed by atoms with E-state index in [4.69, 9.17) is 4.74 Å². The second kappa shape index (κ2) is 8.09. The van der Waals surface area contributed by atoms with Crippen LogP contribution in [0.25, 0.3) is 10.8 Å². The molecule has 0 amide bonds. The Morgan fingerprint density at radius 3 is 2.59 bits per heavy atom. The van der Waals surface area contributed by atoms with Gasteiger partial charge in [0.15, 0.2) is 5.82 Å². The number of nitrogens with one attached hydrogen (secondary N) is 1. The van der Waals surface area contributed by atoms with Crippen molar-refractivity contribution in [1.29, 1.82) is 0 Å². The maximum Gasteiger partial charge on any atom is 0.274 e. The third-order valence-corrected chi connectivity index (χ3v) is 5.98. The van der Waals surface area contributed by atoms with Gasteiger partial charge in [0.1, 0.15) is 5.82 Å². The van der Waals surface area contributed by atoms with E-state index in [1.807, 2.05) is 6.92 Å². The minimum atomic E-state index is -2.94. The normalized spacial score (nSPS) is 19.6. The minimum absolute atomic E-state index is 0.0380. The molecule has 2 atom stereocenters. The van der Waals surface area contributed by atoms with Crippen molar-refractivity contribution < 1.29 is 17.9 Å². The van der Waals surface area contributed by atoms with Gasteiger partial charge in [-0.3, -0.25) is 9.59 Å². The smallest absolute Gasteiger partial charge is 0.274 e. The number of aromatic nitrogens is 3. The van der Waals surface area contributed by atoms with Gasteiger partial charge in [0, 0.05) is 36.9 Å². The van der Waals surface area contributed by atoms with E-state index in [9.17, 15) is 22.8 Å². The summed E-state index contributed by atoms with van der Waals surface area (Å²) in [5.74, 6) is -0.767. The topological polar surface area (TPSA) is 78.2 Å². The standard InChI is InChI=1S/C22H23F3N4O3/c1-12(13-5-4-6-14(18(13)23)19(24)25)26-20-16-10-29(22(2)7-8-32-11-22)17(30)9-15(16)21(31)28(3)27-20/h4-6,9-10,12,19H,7-8,11H2,1-3H3,(H,26,27)/t12?,22-/m1/s1. The van der Waals surface area contributed by atoms with Crippen LogP contribution in [0.3, 0.4) is 0 Å². The molecule has 1 saturated heterocycles. The third-order valence-electron chi connectivity index (χ3n) is 5.98. The quantitative estimate of drug-likeness (QED) is 0.647. The Morgan fingerprint density at radius 2 is 1.94 bits per heavy atom. The van der Waals surface area contributed by atoms with Gasteiger partial charge in [-0.25, -0.2) is 17.9 Å². The summed E-state index contributed by atoms with van der Waals surface area (Å²) in [6.07, 6.45) is -0.758. The van der Waals surface area contributed by atoms with Crippen LogP contribution in [0.5, 0.6) is 0 Å². The summed E-state index contributed by atoms with van der Waals surface area (Å²) in [6.45, 7) is 4.36. The predicted octanol–water partition coefficient (Wildman–Crippen LogP) is 3.48. The predicted molar refractivity (Wildman–Crippen MR) is 114 cm³/mol.